The monoisotopic (exact) mass is 336 g/mol. The van der Waals surface area contributed by atoms with Crippen molar-refractivity contribution in [3.05, 3.63) is 77.6 Å². The number of benzene rings is 2. The molecule has 0 saturated carbocycles. The Balaban J connectivity index is 1.82. The number of nitrogens with zero attached hydrogens (tertiary/aromatic N) is 1. The summed E-state index contributed by atoms with van der Waals surface area (Å²) in [6.45, 7) is 0.741. The highest BCUT2D eigenvalue weighted by atomic mass is 16.5. The normalized spacial score (nSPS) is 14.9. The Morgan fingerprint density at radius 1 is 1.08 bits per heavy atom. The highest BCUT2D eigenvalue weighted by Gasteiger charge is 2.21. The number of amides is 1. The van der Waals surface area contributed by atoms with Crippen molar-refractivity contribution in [2.45, 2.75) is 18.9 Å². The average molecular weight is 336 g/mol. The summed E-state index contributed by atoms with van der Waals surface area (Å²) in [7, 11) is 3.96. The second kappa shape index (κ2) is 7.88. The number of hydrogen-bond acceptors (Lipinski definition) is 3. The van der Waals surface area contributed by atoms with Crippen molar-refractivity contribution in [3.8, 4) is 0 Å². The molecule has 1 aliphatic rings. The molecule has 2 aromatic carbocycles. The number of hydrogen-bond donors (Lipinski definition) is 1. The molecule has 0 bridgehead atoms. The summed E-state index contributed by atoms with van der Waals surface area (Å²) < 4.78 is 5.50. The van der Waals surface area contributed by atoms with Crippen LogP contribution in [0.1, 0.15) is 34.8 Å². The molecule has 0 aromatic heterocycles. The van der Waals surface area contributed by atoms with E-state index in [-0.39, 0.29) is 11.9 Å². The zero-order valence-corrected chi connectivity index (χ0v) is 14.7. The Morgan fingerprint density at radius 3 is 2.40 bits per heavy atom. The molecule has 1 aliphatic heterocycles. The van der Waals surface area contributed by atoms with E-state index in [1.165, 1.54) is 0 Å². The Bertz CT molecular complexity index is 736. The van der Waals surface area contributed by atoms with E-state index in [0.29, 0.717) is 5.56 Å². The molecule has 25 heavy (non-hydrogen) atoms. The first-order valence-corrected chi connectivity index (χ1v) is 8.59. The fraction of sp³-hybridized carbons (Fsp3) is 0.286. The Hall–Kier alpha value is -2.75. The van der Waals surface area contributed by atoms with Gasteiger partial charge in [-0.2, -0.15) is 0 Å². The lowest BCUT2D eigenvalue weighted by Gasteiger charge is -2.25. The minimum atomic E-state index is -0.164. The summed E-state index contributed by atoms with van der Waals surface area (Å²) in [5, 5.41) is 3.17. The molecule has 4 nitrogen and oxygen atoms in total. The van der Waals surface area contributed by atoms with Crippen molar-refractivity contribution < 1.29 is 9.53 Å². The summed E-state index contributed by atoms with van der Waals surface area (Å²) in [4.78, 5) is 14.8. The van der Waals surface area contributed by atoms with Crippen LogP contribution in [0.3, 0.4) is 0 Å². The summed E-state index contributed by atoms with van der Waals surface area (Å²) >= 11 is 0. The first kappa shape index (κ1) is 17.1. The maximum Gasteiger partial charge on any atom is 0.252 e. The number of carbonyl (C=O) groups is 1. The molecule has 1 amide bonds. The van der Waals surface area contributed by atoms with Gasteiger partial charge in [-0.1, -0.05) is 30.3 Å². The molecule has 0 saturated heterocycles. The van der Waals surface area contributed by atoms with Gasteiger partial charge in [0.05, 0.1) is 18.9 Å². The third-order valence-electron chi connectivity index (χ3n) is 4.39. The third-order valence-corrected chi connectivity index (χ3v) is 4.39. The zero-order chi connectivity index (χ0) is 17.6. The standard InChI is InChI=1S/C21H24N2O2/c1-23(2)19-12-10-17(11-13-19)21(24)22-20(16-7-4-3-5-8-16)18-9-6-14-25-15-18/h3-5,7-8,10-13,15,20H,6,9,14H2,1-2H3,(H,22,24)/t20-/m0/s1. The van der Waals surface area contributed by atoms with Crippen LogP contribution in [0.15, 0.2) is 66.4 Å². The molecular weight excluding hydrogens is 312 g/mol. The summed E-state index contributed by atoms with van der Waals surface area (Å²) in [5.41, 5.74) is 3.90. The van der Waals surface area contributed by atoms with E-state index in [4.69, 9.17) is 4.74 Å². The lowest BCUT2D eigenvalue weighted by molar-refractivity contribution is 0.0939. The van der Waals surface area contributed by atoms with Crippen LogP contribution in [0.2, 0.25) is 0 Å². The van der Waals surface area contributed by atoms with Crippen LogP contribution in [0.5, 0.6) is 0 Å². The van der Waals surface area contributed by atoms with Crippen LogP contribution >= 0.6 is 0 Å². The van der Waals surface area contributed by atoms with Crippen LogP contribution < -0.4 is 10.2 Å². The van der Waals surface area contributed by atoms with Gasteiger partial charge in [0.2, 0.25) is 0 Å². The van der Waals surface area contributed by atoms with Crippen LogP contribution in [0.4, 0.5) is 5.69 Å². The molecule has 3 rings (SSSR count). The largest absolute Gasteiger partial charge is 0.501 e. The number of rotatable bonds is 5. The number of carbonyl (C=O) groups excluding carboxylic acids is 1. The molecule has 0 fully saturated rings. The molecule has 2 aromatic rings. The topological polar surface area (TPSA) is 41.6 Å². The SMILES string of the molecule is CN(C)c1ccc(C(=O)N[C@H](C2=COCCC2)c2ccccc2)cc1. The molecule has 130 valence electrons. The number of nitrogens with one attached hydrogen (secondary N) is 1. The van der Waals surface area contributed by atoms with Gasteiger partial charge >= 0.3 is 0 Å². The maximum absolute atomic E-state index is 12.8. The van der Waals surface area contributed by atoms with E-state index < -0.39 is 0 Å². The van der Waals surface area contributed by atoms with E-state index >= 15 is 0 Å². The summed E-state index contributed by atoms with van der Waals surface area (Å²) in [6.07, 6.45) is 3.71. The Morgan fingerprint density at radius 2 is 1.80 bits per heavy atom. The van der Waals surface area contributed by atoms with Crippen molar-refractivity contribution in [1.29, 1.82) is 0 Å². The Kier molecular flexibility index (Phi) is 5.39. The molecule has 1 N–H and O–H groups in total. The highest BCUT2D eigenvalue weighted by Crippen LogP contribution is 2.28. The van der Waals surface area contributed by atoms with E-state index in [9.17, 15) is 4.79 Å². The van der Waals surface area contributed by atoms with Crippen molar-refractivity contribution in [1.82, 2.24) is 5.32 Å². The van der Waals surface area contributed by atoms with Gasteiger partial charge in [-0.05, 0) is 48.2 Å². The minimum Gasteiger partial charge on any atom is -0.501 e. The summed E-state index contributed by atoms with van der Waals surface area (Å²) in [5.74, 6) is -0.0781. The van der Waals surface area contributed by atoms with Gasteiger partial charge < -0.3 is 15.0 Å². The average Bonchev–Trinajstić information content (AvgIpc) is 2.67. The van der Waals surface area contributed by atoms with Crippen molar-refractivity contribution in [2.75, 3.05) is 25.6 Å². The predicted octanol–water partition coefficient (Wildman–Crippen LogP) is 3.92. The van der Waals surface area contributed by atoms with Crippen molar-refractivity contribution in [3.63, 3.8) is 0 Å². The maximum atomic E-state index is 12.8. The Labute approximate surface area is 149 Å². The van der Waals surface area contributed by atoms with Gasteiger partial charge in [-0.15, -0.1) is 0 Å². The van der Waals surface area contributed by atoms with E-state index in [2.05, 4.69) is 5.32 Å². The fourth-order valence-electron chi connectivity index (χ4n) is 2.96. The molecule has 1 atom stereocenters. The van der Waals surface area contributed by atoms with Crippen LogP contribution in [0, 0.1) is 0 Å². The van der Waals surface area contributed by atoms with Gasteiger partial charge in [0.15, 0.2) is 0 Å². The second-order valence-electron chi connectivity index (χ2n) is 6.43. The van der Waals surface area contributed by atoms with E-state index in [1.807, 2.05) is 73.6 Å². The minimum absolute atomic E-state index is 0.0781. The number of ether oxygens (including phenoxy) is 1. The predicted molar refractivity (Wildman–Crippen MR) is 101 cm³/mol. The summed E-state index contributed by atoms with van der Waals surface area (Å²) in [6, 6.07) is 17.5. The third kappa shape index (κ3) is 4.21. The first-order valence-electron chi connectivity index (χ1n) is 8.59. The van der Waals surface area contributed by atoms with Crippen LogP contribution in [-0.4, -0.2) is 26.6 Å². The molecule has 0 radical (unpaired) electrons. The molecule has 0 unspecified atom stereocenters. The highest BCUT2D eigenvalue weighted by molar-refractivity contribution is 5.95. The molecule has 0 spiro atoms. The second-order valence-corrected chi connectivity index (χ2v) is 6.43. The molecule has 1 heterocycles. The van der Waals surface area contributed by atoms with Crippen molar-refractivity contribution >= 4 is 11.6 Å². The van der Waals surface area contributed by atoms with Crippen LogP contribution in [-0.2, 0) is 4.74 Å². The zero-order valence-electron chi connectivity index (χ0n) is 14.7. The number of anilines is 1. The molecule has 4 heteroatoms. The first-order chi connectivity index (χ1) is 12.1. The smallest absolute Gasteiger partial charge is 0.252 e. The molecule has 0 aliphatic carbocycles. The van der Waals surface area contributed by atoms with E-state index in [1.54, 1.807) is 6.26 Å². The van der Waals surface area contributed by atoms with Gasteiger partial charge in [0.1, 0.15) is 0 Å². The quantitative estimate of drug-likeness (QED) is 0.900. The van der Waals surface area contributed by atoms with Gasteiger partial charge in [-0.25, -0.2) is 0 Å². The van der Waals surface area contributed by atoms with E-state index in [0.717, 1.165) is 36.3 Å². The molecular formula is C21H24N2O2. The lowest BCUT2D eigenvalue weighted by Crippen LogP contribution is -2.30. The lowest BCUT2D eigenvalue weighted by atomic mass is 9.95. The van der Waals surface area contributed by atoms with Gasteiger partial charge in [0, 0.05) is 25.3 Å². The van der Waals surface area contributed by atoms with Crippen LogP contribution in [0.25, 0.3) is 0 Å². The fourth-order valence-corrected chi connectivity index (χ4v) is 2.96. The van der Waals surface area contributed by atoms with Gasteiger partial charge in [0.25, 0.3) is 5.91 Å². The van der Waals surface area contributed by atoms with Gasteiger partial charge in [-0.3, -0.25) is 4.79 Å². The van der Waals surface area contributed by atoms with Crippen molar-refractivity contribution in [2.24, 2.45) is 0 Å².